The molecule has 0 radical (unpaired) electrons. The minimum absolute atomic E-state index is 0.0491. The van der Waals surface area contributed by atoms with Gasteiger partial charge in [0.2, 0.25) is 5.91 Å². The third-order valence-electron chi connectivity index (χ3n) is 3.94. The molecule has 138 valence electrons. The summed E-state index contributed by atoms with van der Waals surface area (Å²) < 4.78 is 5.21. The summed E-state index contributed by atoms with van der Waals surface area (Å²) in [6.45, 7) is 4.08. The Morgan fingerprint density at radius 3 is 2.88 bits per heavy atom. The van der Waals surface area contributed by atoms with E-state index in [4.69, 9.17) is 16.3 Å². The number of aryl methyl sites for hydroxylation is 1. The van der Waals surface area contributed by atoms with Crippen molar-refractivity contribution in [2.24, 2.45) is 0 Å². The average molecular weight is 395 g/mol. The van der Waals surface area contributed by atoms with Crippen molar-refractivity contribution in [2.75, 3.05) is 38.2 Å². The number of halogens is 1. The number of amides is 2. The molecule has 2 N–H and O–H groups in total. The Kier molecular flexibility index (Phi) is 6.08. The van der Waals surface area contributed by atoms with Crippen molar-refractivity contribution in [1.29, 1.82) is 0 Å². The van der Waals surface area contributed by atoms with E-state index < -0.39 is 0 Å². The van der Waals surface area contributed by atoms with Crippen molar-refractivity contribution in [3.63, 3.8) is 0 Å². The maximum atomic E-state index is 12.2. The molecule has 26 heavy (non-hydrogen) atoms. The number of ether oxygens (including phenoxy) is 1. The van der Waals surface area contributed by atoms with E-state index in [1.807, 2.05) is 19.1 Å². The van der Waals surface area contributed by atoms with E-state index in [9.17, 15) is 9.59 Å². The van der Waals surface area contributed by atoms with Gasteiger partial charge in [0.1, 0.15) is 5.69 Å². The number of nitrogens with zero attached hydrogens (tertiary/aromatic N) is 2. The second kappa shape index (κ2) is 8.48. The molecular formula is C17H19ClN4O3S. The predicted octanol–water partition coefficient (Wildman–Crippen LogP) is 2.44. The Hall–Kier alpha value is -2.16. The Morgan fingerprint density at radius 1 is 1.35 bits per heavy atom. The SMILES string of the molecule is Cc1ccc(Cl)cc1Nc1nc(C(=O)NCC(=O)N2CCOCC2)cs1. The number of hydrogen-bond acceptors (Lipinski definition) is 6. The molecule has 2 amide bonds. The Morgan fingerprint density at radius 2 is 2.12 bits per heavy atom. The number of hydrogen-bond donors (Lipinski definition) is 2. The molecule has 1 aromatic heterocycles. The molecule has 0 bridgehead atoms. The van der Waals surface area contributed by atoms with Crippen LogP contribution in [0.3, 0.4) is 0 Å². The van der Waals surface area contributed by atoms with Gasteiger partial charge in [-0.15, -0.1) is 11.3 Å². The van der Waals surface area contributed by atoms with Gasteiger partial charge in [-0.25, -0.2) is 4.98 Å². The number of aromatic nitrogens is 1. The quantitative estimate of drug-likeness (QED) is 0.813. The molecule has 0 saturated carbocycles. The second-order valence-electron chi connectivity index (χ2n) is 5.80. The molecule has 2 aromatic rings. The molecule has 1 aliphatic heterocycles. The fraction of sp³-hybridized carbons (Fsp3) is 0.353. The Labute approximate surface area is 160 Å². The molecule has 3 rings (SSSR count). The maximum Gasteiger partial charge on any atom is 0.271 e. The third-order valence-corrected chi connectivity index (χ3v) is 4.93. The third kappa shape index (κ3) is 4.72. The molecule has 0 atom stereocenters. The number of morpholine rings is 1. The molecule has 0 unspecified atom stereocenters. The van der Waals surface area contributed by atoms with Crippen LogP contribution in [0.5, 0.6) is 0 Å². The molecule has 0 spiro atoms. The summed E-state index contributed by atoms with van der Waals surface area (Å²) in [7, 11) is 0. The van der Waals surface area contributed by atoms with Crippen LogP contribution in [0.25, 0.3) is 0 Å². The monoisotopic (exact) mass is 394 g/mol. The van der Waals surface area contributed by atoms with Crippen LogP contribution in [0.2, 0.25) is 5.02 Å². The fourth-order valence-electron chi connectivity index (χ4n) is 2.45. The van der Waals surface area contributed by atoms with Crippen LogP contribution in [0.15, 0.2) is 23.6 Å². The molecule has 7 nitrogen and oxygen atoms in total. The summed E-state index contributed by atoms with van der Waals surface area (Å²) in [5.41, 5.74) is 2.12. The van der Waals surface area contributed by atoms with Gasteiger partial charge in [0, 0.05) is 29.2 Å². The lowest BCUT2D eigenvalue weighted by molar-refractivity contribution is -0.134. The van der Waals surface area contributed by atoms with Gasteiger partial charge < -0.3 is 20.3 Å². The van der Waals surface area contributed by atoms with E-state index in [0.717, 1.165) is 11.3 Å². The summed E-state index contributed by atoms with van der Waals surface area (Å²) in [5.74, 6) is -0.497. The number of carbonyl (C=O) groups excluding carboxylic acids is 2. The Bertz CT molecular complexity index is 805. The van der Waals surface area contributed by atoms with Gasteiger partial charge in [-0.05, 0) is 24.6 Å². The van der Waals surface area contributed by atoms with Crippen molar-refractivity contribution < 1.29 is 14.3 Å². The molecular weight excluding hydrogens is 376 g/mol. The zero-order chi connectivity index (χ0) is 18.5. The van der Waals surface area contributed by atoms with Crippen LogP contribution < -0.4 is 10.6 Å². The van der Waals surface area contributed by atoms with E-state index in [1.54, 1.807) is 16.3 Å². The molecule has 1 fully saturated rings. The van der Waals surface area contributed by atoms with Crippen molar-refractivity contribution in [2.45, 2.75) is 6.92 Å². The van der Waals surface area contributed by atoms with Gasteiger partial charge >= 0.3 is 0 Å². The lowest BCUT2D eigenvalue weighted by Gasteiger charge is -2.26. The van der Waals surface area contributed by atoms with Crippen LogP contribution in [0.1, 0.15) is 16.1 Å². The number of thiazole rings is 1. The van der Waals surface area contributed by atoms with Gasteiger partial charge in [-0.3, -0.25) is 9.59 Å². The van der Waals surface area contributed by atoms with Crippen molar-refractivity contribution in [3.05, 3.63) is 39.9 Å². The van der Waals surface area contributed by atoms with Gasteiger partial charge in [0.05, 0.1) is 19.8 Å². The molecule has 2 heterocycles. The lowest BCUT2D eigenvalue weighted by Crippen LogP contribution is -2.45. The van der Waals surface area contributed by atoms with E-state index in [2.05, 4.69) is 15.6 Å². The second-order valence-corrected chi connectivity index (χ2v) is 7.09. The number of nitrogens with one attached hydrogen (secondary N) is 2. The summed E-state index contributed by atoms with van der Waals surface area (Å²) in [6.07, 6.45) is 0. The maximum absolute atomic E-state index is 12.2. The number of carbonyl (C=O) groups is 2. The first-order valence-corrected chi connectivity index (χ1v) is 9.41. The van der Waals surface area contributed by atoms with Crippen molar-refractivity contribution in [3.8, 4) is 0 Å². The highest BCUT2D eigenvalue weighted by atomic mass is 35.5. The zero-order valence-electron chi connectivity index (χ0n) is 14.3. The van der Waals surface area contributed by atoms with Crippen LogP contribution in [-0.2, 0) is 9.53 Å². The highest BCUT2D eigenvalue weighted by molar-refractivity contribution is 7.14. The highest BCUT2D eigenvalue weighted by Gasteiger charge is 2.18. The first kappa shape index (κ1) is 18.6. The van der Waals surface area contributed by atoms with Crippen LogP contribution >= 0.6 is 22.9 Å². The summed E-state index contributed by atoms with van der Waals surface area (Å²) in [6, 6.07) is 5.52. The van der Waals surface area contributed by atoms with Crippen LogP contribution in [0.4, 0.5) is 10.8 Å². The fourth-order valence-corrected chi connectivity index (χ4v) is 3.33. The molecule has 1 aliphatic rings. The summed E-state index contributed by atoms with van der Waals surface area (Å²) >= 11 is 7.32. The Balaban J connectivity index is 1.56. The predicted molar refractivity (Wildman–Crippen MR) is 101 cm³/mol. The summed E-state index contributed by atoms with van der Waals surface area (Å²) in [4.78, 5) is 30.2. The summed E-state index contributed by atoms with van der Waals surface area (Å²) in [5, 5.41) is 8.63. The first-order valence-electron chi connectivity index (χ1n) is 8.15. The minimum Gasteiger partial charge on any atom is -0.378 e. The number of anilines is 2. The smallest absolute Gasteiger partial charge is 0.271 e. The molecule has 1 saturated heterocycles. The van der Waals surface area contributed by atoms with Crippen LogP contribution in [-0.4, -0.2) is 54.5 Å². The van der Waals surface area contributed by atoms with Gasteiger partial charge in [-0.2, -0.15) is 0 Å². The van der Waals surface area contributed by atoms with Crippen LogP contribution in [0, 0.1) is 6.92 Å². The number of benzene rings is 1. The van der Waals surface area contributed by atoms with Crippen molar-refractivity contribution in [1.82, 2.24) is 15.2 Å². The standard InChI is InChI=1S/C17H19ClN4O3S/c1-11-2-3-12(18)8-13(11)20-17-21-14(10-26-17)16(24)19-9-15(23)22-4-6-25-7-5-22/h2-3,8,10H,4-7,9H2,1H3,(H,19,24)(H,20,21). The van der Waals surface area contributed by atoms with E-state index in [1.165, 1.54) is 11.3 Å². The minimum atomic E-state index is -0.376. The highest BCUT2D eigenvalue weighted by Crippen LogP contribution is 2.26. The largest absolute Gasteiger partial charge is 0.378 e. The van der Waals surface area contributed by atoms with E-state index in [0.29, 0.717) is 36.5 Å². The molecule has 9 heteroatoms. The average Bonchev–Trinajstić information content (AvgIpc) is 3.12. The molecule has 0 aliphatic carbocycles. The molecule has 1 aromatic carbocycles. The topological polar surface area (TPSA) is 83.6 Å². The lowest BCUT2D eigenvalue weighted by atomic mass is 10.2. The van der Waals surface area contributed by atoms with E-state index in [-0.39, 0.29) is 24.1 Å². The van der Waals surface area contributed by atoms with Gasteiger partial charge in [0.25, 0.3) is 5.91 Å². The van der Waals surface area contributed by atoms with Gasteiger partial charge in [-0.1, -0.05) is 17.7 Å². The number of rotatable bonds is 5. The van der Waals surface area contributed by atoms with Gasteiger partial charge in [0.15, 0.2) is 5.13 Å². The normalized spacial score (nSPS) is 14.2. The zero-order valence-corrected chi connectivity index (χ0v) is 15.8. The van der Waals surface area contributed by atoms with E-state index >= 15 is 0 Å². The first-order chi connectivity index (χ1) is 12.5. The van der Waals surface area contributed by atoms with Crippen molar-refractivity contribution >= 4 is 45.6 Å².